The van der Waals surface area contributed by atoms with Crippen LogP contribution in [0.25, 0.3) is 0 Å². The fraction of sp³-hybridized carbons (Fsp3) is 0.300. The molecule has 0 saturated carbocycles. The zero-order chi connectivity index (χ0) is 10.8. The van der Waals surface area contributed by atoms with Crippen molar-refractivity contribution < 1.29 is 9.59 Å². The molecule has 3 amide bonds. The van der Waals surface area contributed by atoms with Crippen molar-refractivity contribution in [3.05, 3.63) is 29.6 Å². The standard InChI is InChI=1S/C10H11N3O2/c1-7-3-2-4-11-8(7)5-13-6-9(14)12-10(13)15/h2-4H,5-6H2,1H3,(H,12,14,15). The molecule has 1 aromatic heterocycles. The Hall–Kier alpha value is -1.91. The first-order chi connectivity index (χ1) is 7.16. The molecule has 0 unspecified atom stereocenters. The van der Waals surface area contributed by atoms with E-state index in [0.717, 1.165) is 11.3 Å². The lowest BCUT2D eigenvalue weighted by molar-refractivity contribution is -0.118. The van der Waals surface area contributed by atoms with Crippen molar-refractivity contribution in [3.8, 4) is 0 Å². The molecule has 1 fully saturated rings. The number of nitrogens with zero attached hydrogens (tertiary/aromatic N) is 2. The second-order valence-corrected chi connectivity index (χ2v) is 3.48. The third-order valence-electron chi connectivity index (χ3n) is 2.33. The molecule has 0 atom stereocenters. The van der Waals surface area contributed by atoms with Crippen LogP contribution in [0.4, 0.5) is 4.79 Å². The molecule has 0 radical (unpaired) electrons. The van der Waals surface area contributed by atoms with Crippen molar-refractivity contribution in [2.24, 2.45) is 0 Å². The molecule has 5 nitrogen and oxygen atoms in total. The average Bonchev–Trinajstić information content (AvgIpc) is 2.49. The number of urea groups is 1. The predicted molar refractivity (Wildman–Crippen MR) is 52.9 cm³/mol. The molecule has 1 aliphatic rings. The first kappa shape index (κ1) is 9.64. The molecule has 0 aromatic carbocycles. The molecular formula is C10H11N3O2. The Morgan fingerprint density at radius 2 is 2.33 bits per heavy atom. The highest BCUT2D eigenvalue weighted by Gasteiger charge is 2.26. The molecule has 1 N–H and O–H groups in total. The fourth-order valence-electron chi connectivity index (χ4n) is 1.48. The van der Waals surface area contributed by atoms with Crippen LogP contribution in [0.5, 0.6) is 0 Å². The SMILES string of the molecule is Cc1cccnc1CN1CC(=O)NC1=O. The summed E-state index contributed by atoms with van der Waals surface area (Å²) in [6.07, 6.45) is 1.68. The number of hydrogen-bond donors (Lipinski definition) is 1. The highest BCUT2D eigenvalue weighted by atomic mass is 16.2. The van der Waals surface area contributed by atoms with Crippen molar-refractivity contribution >= 4 is 11.9 Å². The van der Waals surface area contributed by atoms with E-state index in [1.54, 1.807) is 6.20 Å². The van der Waals surface area contributed by atoms with Crippen LogP contribution in [0.15, 0.2) is 18.3 Å². The summed E-state index contributed by atoms with van der Waals surface area (Å²) < 4.78 is 0. The minimum atomic E-state index is -0.343. The quantitative estimate of drug-likeness (QED) is 0.713. The average molecular weight is 205 g/mol. The maximum Gasteiger partial charge on any atom is 0.324 e. The summed E-state index contributed by atoms with van der Waals surface area (Å²) in [4.78, 5) is 27.8. The van der Waals surface area contributed by atoms with Gasteiger partial charge >= 0.3 is 6.03 Å². The maximum atomic E-state index is 11.3. The molecular weight excluding hydrogens is 194 g/mol. The van der Waals surface area contributed by atoms with Gasteiger partial charge in [0.25, 0.3) is 0 Å². The van der Waals surface area contributed by atoms with Gasteiger partial charge in [-0.15, -0.1) is 0 Å². The Bertz CT molecular complexity index is 417. The first-order valence-corrected chi connectivity index (χ1v) is 4.66. The van der Waals surface area contributed by atoms with Gasteiger partial charge in [-0.1, -0.05) is 6.07 Å². The van der Waals surface area contributed by atoms with E-state index in [0.29, 0.717) is 6.54 Å². The minimum absolute atomic E-state index is 0.120. The van der Waals surface area contributed by atoms with Crippen molar-refractivity contribution in [3.63, 3.8) is 0 Å². The molecule has 1 saturated heterocycles. The Kier molecular flexibility index (Phi) is 2.37. The topological polar surface area (TPSA) is 62.3 Å². The largest absolute Gasteiger partial charge is 0.324 e. The third-order valence-corrected chi connectivity index (χ3v) is 2.33. The number of aromatic nitrogens is 1. The molecule has 2 rings (SSSR count). The van der Waals surface area contributed by atoms with E-state index >= 15 is 0 Å². The van der Waals surface area contributed by atoms with Gasteiger partial charge in [-0.2, -0.15) is 0 Å². The molecule has 1 aromatic rings. The smallest absolute Gasteiger partial charge is 0.309 e. The second-order valence-electron chi connectivity index (χ2n) is 3.48. The van der Waals surface area contributed by atoms with Gasteiger partial charge < -0.3 is 4.90 Å². The van der Waals surface area contributed by atoms with Crippen LogP contribution in [0.1, 0.15) is 11.3 Å². The van der Waals surface area contributed by atoms with Crippen LogP contribution in [0, 0.1) is 6.92 Å². The Morgan fingerprint density at radius 1 is 1.53 bits per heavy atom. The van der Waals surface area contributed by atoms with Gasteiger partial charge in [0.2, 0.25) is 5.91 Å². The lowest BCUT2D eigenvalue weighted by Crippen LogP contribution is -2.28. The number of imide groups is 1. The molecule has 5 heteroatoms. The number of hydrogen-bond acceptors (Lipinski definition) is 3. The van der Waals surface area contributed by atoms with Crippen LogP contribution < -0.4 is 5.32 Å². The van der Waals surface area contributed by atoms with Gasteiger partial charge in [-0.05, 0) is 18.6 Å². The van der Waals surface area contributed by atoms with E-state index in [2.05, 4.69) is 10.3 Å². The van der Waals surface area contributed by atoms with Crippen LogP contribution in [-0.4, -0.2) is 28.4 Å². The van der Waals surface area contributed by atoms with Crippen LogP contribution in [0.2, 0.25) is 0 Å². The number of nitrogens with one attached hydrogen (secondary N) is 1. The summed E-state index contributed by atoms with van der Waals surface area (Å²) >= 11 is 0. The number of pyridine rings is 1. The Morgan fingerprint density at radius 3 is 2.93 bits per heavy atom. The summed E-state index contributed by atoms with van der Waals surface area (Å²) in [6.45, 7) is 2.43. The van der Waals surface area contributed by atoms with Gasteiger partial charge in [0, 0.05) is 6.20 Å². The normalized spacial score (nSPS) is 15.7. The van der Waals surface area contributed by atoms with Crippen molar-refractivity contribution in [2.75, 3.05) is 6.54 Å². The number of carbonyl (C=O) groups excluding carboxylic acids is 2. The fourth-order valence-corrected chi connectivity index (χ4v) is 1.48. The number of carbonyl (C=O) groups is 2. The molecule has 2 heterocycles. The molecule has 0 bridgehead atoms. The molecule has 15 heavy (non-hydrogen) atoms. The van der Waals surface area contributed by atoms with E-state index in [-0.39, 0.29) is 18.5 Å². The summed E-state index contributed by atoms with van der Waals surface area (Å²) in [7, 11) is 0. The Balaban J connectivity index is 2.13. The zero-order valence-corrected chi connectivity index (χ0v) is 8.36. The van der Waals surface area contributed by atoms with E-state index in [1.807, 2.05) is 19.1 Å². The van der Waals surface area contributed by atoms with Crippen molar-refractivity contribution in [2.45, 2.75) is 13.5 Å². The molecule has 0 aliphatic carbocycles. The zero-order valence-electron chi connectivity index (χ0n) is 8.36. The summed E-state index contributed by atoms with van der Waals surface area (Å²) in [5.41, 5.74) is 1.84. The van der Waals surface area contributed by atoms with Crippen LogP contribution in [0.3, 0.4) is 0 Å². The number of aryl methyl sites for hydroxylation is 1. The second kappa shape index (κ2) is 3.68. The van der Waals surface area contributed by atoms with Crippen LogP contribution in [-0.2, 0) is 11.3 Å². The van der Waals surface area contributed by atoms with Gasteiger partial charge in [-0.3, -0.25) is 15.1 Å². The van der Waals surface area contributed by atoms with Crippen LogP contribution >= 0.6 is 0 Å². The van der Waals surface area contributed by atoms with Crippen molar-refractivity contribution in [1.82, 2.24) is 15.2 Å². The van der Waals surface area contributed by atoms with Gasteiger partial charge in [0.05, 0.1) is 12.2 Å². The highest BCUT2D eigenvalue weighted by Crippen LogP contribution is 2.09. The lowest BCUT2D eigenvalue weighted by atomic mass is 10.2. The lowest BCUT2D eigenvalue weighted by Gasteiger charge is -2.13. The number of rotatable bonds is 2. The van der Waals surface area contributed by atoms with Gasteiger partial charge in [0.1, 0.15) is 6.54 Å². The first-order valence-electron chi connectivity index (χ1n) is 4.66. The monoisotopic (exact) mass is 205 g/mol. The van der Waals surface area contributed by atoms with E-state index in [1.165, 1.54) is 4.90 Å². The summed E-state index contributed by atoms with van der Waals surface area (Å²) in [6, 6.07) is 3.43. The van der Waals surface area contributed by atoms with Gasteiger partial charge in [0.15, 0.2) is 0 Å². The molecule has 1 aliphatic heterocycles. The molecule has 78 valence electrons. The minimum Gasteiger partial charge on any atom is -0.309 e. The molecule has 0 spiro atoms. The van der Waals surface area contributed by atoms with Gasteiger partial charge in [-0.25, -0.2) is 4.79 Å². The van der Waals surface area contributed by atoms with E-state index in [4.69, 9.17) is 0 Å². The summed E-state index contributed by atoms with van der Waals surface area (Å²) in [5, 5.41) is 2.23. The number of amides is 3. The highest BCUT2D eigenvalue weighted by molar-refractivity contribution is 6.01. The van der Waals surface area contributed by atoms with E-state index in [9.17, 15) is 9.59 Å². The van der Waals surface area contributed by atoms with E-state index < -0.39 is 0 Å². The third kappa shape index (κ3) is 1.96. The maximum absolute atomic E-state index is 11.3. The summed E-state index contributed by atoms with van der Waals surface area (Å²) in [5.74, 6) is -0.256. The Labute approximate surface area is 87.1 Å². The predicted octanol–water partition coefficient (Wildman–Crippen LogP) is 0.442. The van der Waals surface area contributed by atoms with Crippen molar-refractivity contribution in [1.29, 1.82) is 0 Å².